The molecule has 0 aromatic carbocycles. The van der Waals surface area contributed by atoms with Gasteiger partial charge in [0.1, 0.15) is 5.60 Å². The van der Waals surface area contributed by atoms with Crippen molar-refractivity contribution in [3.05, 3.63) is 35.5 Å². The Morgan fingerprint density at radius 2 is 2.04 bits per heavy atom. The lowest BCUT2D eigenvalue weighted by Crippen LogP contribution is -2.54. The molecule has 4 rings (SSSR count). The number of Topliss-reactive ketones (excluding diaryl/α,β-unsaturated/α-hetero) is 1. The van der Waals surface area contributed by atoms with Crippen molar-refractivity contribution in [3.8, 4) is 0 Å². The summed E-state index contributed by atoms with van der Waals surface area (Å²) in [7, 11) is 0. The molecule has 4 aliphatic carbocycles. The molecule has 134 valence electrons. The first-order chi connectivity index (χ1) is 11.6. The molecule has 0 spiro atoms. The van der Waals surface area contributed by atoms with Gasteiger partial charge in [-0.3, -0.25) is 9.59 Å². The van der Waals surface area contributed by atoms with Crippen molar-refractivity contribution in [2.45, 2.75) is 64.9 Å². The van der Waals surface area contributed by atoms with Gasteiger partial charge in [0.15, 0.2) is 11.6 Å². The van der Waals surface area contributed by atoms with Crippen LogP contribution in [-0.4, -0.2) is 22.3 Å². The number of carbonyl (C=O) groups excluding carboxylic acids is 2. The van der Waals surface area contributed by atoms with E-state index in [1.807, 2.05) is 6.08 Å². The Morgan fingerprint density at radius 3 is 2.72 bits per heavy atom. The fraction of sp³-hybridized carbons (Fsp3) is 0.636. The third-order valence-electron chi connectivity index (χ3n) is 8.04. The van der Waals surface area contributed by atoms with Crippen LogP contribution in [0, 0.1) is 22.7 Å². The summed E-state index contributed by atoms with van der Waals surface area (Å²) in [6.45, 7) is 9.94. The third-order valence-corrected chi connectivity index (χ3v) is 8.04. The third kappa shape index (κ3) is 1.91. The van der Waals surface area contributed by atoms with E-state index in [9.17, 15) is 14.7 Å². The van der Waals surface area contributed by atoms with Gasteiger partial charge in [-0.1, -0.05) is 37.6 Å². The maximum Gasteiger partial charge on any atom is 0.166 e. The van der Waals surface area contributed by atoms with Gasteiger partial charge in [0, 0.05) is 17.3 Å². The molecule has 0 aliphatic heterocycles. The van der Waals surface area contributed by atoms with Crippen LogP contribution < -0.4 is 0 Å². The molecule has 25 heavy (non-hydrogen) atoms. The van der Waals surface area contributed by atoms with E-state index in [-0.39, 0.29) is 22.9 Å². The van der Waals surface area contributed by atoms with Crippen LogP contribution in [0.25, 0.3) is 0 Å². The highest BCUT2D eigenvalue weighted by molar-refractivity contribution is 5.92. The normalized spacial score (nSPS) is 45.9. The van der Waals surface area contributed by atoms with Crippen LogP contribution in [0.15, 0.2) is 35.5 Å². The lowest BCUT2D eigenvalue weighted by Gasteiger charge is -2.54. The summed E-state index contributed by atoms with van der Waals surface area (Å²) in [5.74, 6) is 0.710. The number of fused-ring (bicyclic) bond motifs is 5. The molecule has 1 N–H and O–H groups in total. The topological polar surface area (TPSA) is 54.4 Å². The van der Waals surface area contributed by atoms with Gasteiger partial charge in [-0.2, -0.15) is 0 Å². The van der Waals surface area contributed by atoms with Crippen molar-refractivity contribution in [2.24, 2.45) is 22.7 Å². The van der Waals surface area contributed by atoms with Crippen molar-refractivity contribution in [3.63, 3.8) is 0 Å². The fourth-order valence-corrected chi connectivity index (χ4v) is 6.48. The Balaban J connectivity index is 1.81. The Morgan fingerprint density at radius 1 is 1.32 bits per heavy atom. The second kappa shape index (κ2) is 5.03. The molecular formula is C22H28O3. The van der Waals surface area contributed by atoms with E-state index in [0.717, 1.165) is 25.7 Å². The molecule has 0 amide bonds. The van der Waals surface area contributed by atoms with E-state index in [4.69, 9.17) is 0 Å². The molecule has 2 saturated carbocycles. The zero-order chi connectivity index (χ0) is 18.2. The molecular weight excluding hydrogens is 312 g/mol. The molecule has 0 aromatic heterocycles. The Labute approximate surface area is 149 Å². The summed E-state index contributed by atoms with van der Waals surface area (Å²) >= 11 is 0. The summed E-state index contributed by atoms with van der Waals surface area (Å²) in [5.41, 5.74) is 1.53. The molecule has 0 bridgehead atoms. The minimum Gasteiger partial charge on any atom is -0.377 e. The molecule has 0 aromatic rings. The average Bonchev–Trinajstić information content (AvgIpc) is 2.77. The first kappa shape index (κ1) is 17.0. The van der Waals surface area contributed by atoms with Gasteiger partial charge in [-0.15, -0.1) is 0 Å². The van der Waals surface area contributed by atoms with E-state index < -0.39 is 11.0 Å². The van der Waals surface area contributed by atoms with Gasteiger partial charge in [0.2, 0.25) is 0 Å². The van der Waals surface area contributed by atoms with E-state index in [2.05, 4.69) is 26.5 Å². The molecule has 3 nitrogen and oxygen atoms in total. The Kier molecular flexibility index (Phi) is 3.41. The quantitative estimate of drug-likeness (QED) is 0.736. The largest absolute Gasteiger partial charge is 0.377 e. The summed E-state index contributed by atoms with van der Waals surface area (Å²) in [4.78, 5) is 24.2. The van der Waals surface area contributed by atoms with Gasteiger partial charge in [-0.25, -0.2) is 0 Å². The lowest BCUT2D eigenvalue weighted by atomic mass is 9.50. The minimum atomic E-state index is -1.40. The molecule has 1 unspecified atom stereocenters. The molecule has 4 aliphatic rings. The second-order valence-electron chi connectivity index (χ2n) is 9.07. The van der Waals surface area contributed by atoms with Crippen LogP contribution in [-0.2, 0) is 9.59 Å². The smallest absolute Gasteiger partial charge is 0.166 e. The number of hydrogen-bond donors (Lipinski definition) is 1. The minimum absolute atomic E-state index is 0.0174. The van der Waals surface area contributed by atoms with Crippen molar-refractivity contribution in [1.29, 1.82) is 0 Å². The van der Waals surface area contributed by atoms with Crippen LogP contribution >= 0.6 is 0 Å². The zero-order valence-corrected chi connectivity index (χ0v) is 15.5. The monoisotopic (exact) mass is 340 g/mol. The van der Waals surface area contributed by atoms with Crippen LogP contribution in [0.5, 0.6) is 0 Å². The summed E-state index contributed by atoms with van der Waals surface area (Å²) < 4.78 is 0. The highest BCUT2D eigenvalue weighted by Crippen LogP contribution is 2.66. The van der Waals surface area contributed by atoms with Crippen LogP contribution in [0.1, 0.15) is 59.3 Å². The summed E-state index contributed by atoms with van der Waals surface area (Å²) in [5, 5.41) is 11.3. The maximum absolute atomic E-state index is 12.3. The van der Waals surface area contributed by atoms with E-state index in [1.54, 1.807) is 0 Å². The van der Waals surface area contributed by atoms with Crippen LogP contribution in [0.2, 0.25) is 0 Å². The van der Waals surface area contributed by atoms with Gasteiger partial charge in [-0.05, 0) is 62.5 Å². The number of ketones is 2. The van der Waals surface area contributed by atoms with E-state index in [0.29, 0.717) is 24.3 Å². The number of carbonyl (C=O) groups is 2. The molecule has 2 fully saturated rings. The summed E-state index contributed by atoms with van der Waals surface area (Å²) in [6, 6.07) is 0. The van der Waals surface area contributed by atoms with Gasteiger partial charge in [0.05, 0.1) is 0 Å². The molecule has 0 radical (unpaired) electrons. The lowest BCUT2D eigenvalue weighted by molar-refractivity contribution is -0.145. The second-order valence-corrected chi connectivity index (χ2v) is 9.07. The standard InChI is InChI=1S/C22H28O3/c1-13-11-19-17-6-5-15-12-16(24)7-9-20(15,3)18(17)8-10-21(19,4)22(13,25)14(2)23/h8,12,17,19,25H,1,5-7,9-11H2,2-4H3/t17-,19+,20+,21+,22?/m1/s1. The molecule has 3 heteroatoms. The van der Waals surface area contributed by atoms with Crippen molar-refractivity contribution in [1.82, 2.24) is 0 Å². The highest BCUT2D eigenvalue weighted by atomic mass is 16.3. The first-order valence-electron chi connectivity index (χ1n) is 9.50. The van der Waals surface area contributed by atoms with Crippen LogP contribution in [0.3, 0.4) is 0 Å². The SMILES string of the molecule is C=C1C[C@H]2[C@@H]3CCC4=CC(=O)CC[C@]4(C)C3=CC[C@]2(C)C1(O)C(C)=O. The van der Waals surface area contributed by atoms with Crippen molar-refractivity contribution < 1.29 is 14.7 Å². The number of rotatable bonds is 1. The van der Waals surface area contributed by atoms with Crippen molar-refractivity contribution >= 4 is 11.6 Å². The van der Waals surface area contributed by atoms with Crippen LogP contribution in [0.4, 0.5) is 0 Å². The van der Waals surface area contributed by atoms with E-state index in [1.165, 1.54) is 18.1 Å². The Bertz CT molecular complexity index is 757. The molecule has 0 heterocycles. The zero-order valence-electron chi connectivity index (χ0n) is 15.5. The predicted octanol–water partition coefficient (Wildman–Crippen LogP) is 3.92. The molecule has 5 atom stereocenters. The number of allylic oxidation sites excluding steroid dienone is 4. The number of hydrogen-bond acceptors (Lipinski definition) is 3. The summed E-state index contributed by atoms with van der Waals surface area (Å²) in [6.07, 6.45) is 9.06. The van der Waals surface area contributed by atoms with Crippen molar-refractivity contribution in [2.75, 3.05) is 0 Å². The maximum atomic E-state index is 12.3. The average molecular weight is 340 g/mol. The highest BCUT2D eigenvalue weighted by Gasteiger charge is 2.65. The van der Waals surface area contributed by atoms with E-state index >= 15 is 0 Å². The van der Waals surface area contributed by atoms with Gasteiger partial charge >= 0.3 is 0 Å². The first-order valence-corrected chi connectivity index (χ1v) is 9.50. The fourth-order valence-electron chi connectivity index (χ4n) is 6.48. The van der Waals surface area contributed by atoms with Gasteiger partial charge < -0.3 is 5.11 Å². The molecule has 0 saturated heterocycles. The Hall–Kier alpha value is -1.48. The predicted molar refractivity (Wildman–Crippen MR) is 96.8 cm³/mol. The number of aliphatic hydroxyl groups is 1. The van der Waals surface area contributed by atoms with Gasteiger partial charge in [0.25, 0.3) is 0 Å².